The van der Waals surface area contributed by atoms with Crippen LogP contribution in [-0.4, -0.2) is 25.7 Å². The van der Waals surface area contributed by atoms with Crippen molar-refractivity contribution in [3.63, 3.8) is 0 Å². The van der Waals surface area contributed by atoms with Crippen molar-refractivity contribution in [1.82, 2.24) is 10.6 Å². The van der Waals surface area contributed by atoms with Crippen LogP contribution in [0.1, 0.15) is 18.1 Å². The van der Waals surface area contributed by atoms with Gasteiger partial charge in [-0.05, 0) is 48.4 Å². The Hall–Kier alpha value is -1.28. The lowest BCUT2D eigenvalue weighted by Gasteiger charge is -2.12. The van der Waals surface area contributed by atoms with Crippen molar-refractivity contribution in [2.24, 2.45) is 4.99 Å². The number of ether oxygens (including phenoxy) is 1. The number of rotatable bonds is 7. The van der Waals surface area contributed by atoms with Gasteiger partial charge in [-0.15, -0.1) is 24.0 Å². The Balaban J connectivity index is 0.00000264. The molecule has 0 unspecified atom stereocenters. The van der Waals surface area contributed by atoms with E-state index in [4.69, 9.17) is 4.74 Å². The predicted octanol–water partition coefficient (Wildman–Crippen LogP) is 3.81. The van der Waals surface area contributed by atoms with E-state index in [2.05, 4.69) is 58.4 Å². The van der Waals surface area contributed by atoms with Crippen molar-refractivity contribution in [2.75, 3.05) is 19.7 Å². The molecular weight excluding hydrogens is 421 g/mol. The topological polar surface area (TPSA) is 45.7 Å². The molecule has 0 aliphatic heterocycles. The van der Waals surface area contributed by atoms with Crippen LogP contribution >= 0.6 is 35.3 Å². The molecule has 0 fully saturated rings. The number of hydrogen-bond acceptors (Lipinski definition) is 3. The Labute approximate surface area is 159 Å². The van der Waals surface area contributed by atoms with Crippen LogP contribution in [0.15, 0.2) is 46.1 Å². The number of nitrogens with zero attached hydrogens (tertiary/aromatic N) is 1. The van der Waals surface area contributed by atoms with Crippen LogP contribution in [0.4, 0.5) is 0 Å². The second-order valence-electron chi connectivity index (χ2n) is 4.92. The van der Waals surface area contributed by atoms with Crippen molar-refractivity contribution < 1.29 is 4.74 Å². The summed E-state index contributed by atoms with van der Waals surface area (Å²) in [6.07, 6.45) is 0. The van der Waals surface area contributed by atoms with E-state index in [0.717, 1.165) is 18.3 Å². The van der Waals surface area contributed by atoms with E-state index < -0.39 is 0 Å². The SMILES string of the molecule is CCNC(=NCc1ccsc1)NCCOc1ccc(C)cc1.I. The third kappa shape index (κ3) is 7.69. The molecule has 4 nitrogen and oxygen atoms in total. The van der Waals surface area contributed by atoms with Crippen molar-refractivity contribution in [2.45, 2.75) is 20.4 Å². The number of aryl methyl sites for hydroxylation is 1. The standard InChI is InChI=1S/C17H23N3OS.HI/c1-3-18-17(20-12-15-8-11-22-13-15)19-9-10-21-16-6-4-14(2)5-7-16;/h4-8,11,13H,3,9-10,12H2,1-2H3,(H2,18,19,20);1H. The fourth-order valence-electron chi connectivity index (χ4n) is 1.87. The van der Waals surface area contributed by atoms with Gasteiger partial charge in [0.05, 0.1) is 13.1 Å². The van der Waals surface area contributed by atoms with Crippen LogP contribution in [0.5, 0.6) is 5.75 Å². The lowest BCUT2D eigenvalue weighted by molar-refractivity contribution is 0.322. The van der Waals surface area contributed by atoms with Gasteiger partial charge in [0, 0.05) is 6.54 Å². The van der Waals surface area contributed by atoms with Crippen LogP contribution < -0.4 is 15.4 Å². The summed E-state index contributed by atoms with van der Waals surface area (Å²) in [5.41, 5.74) is 2.47. The molecule has 23 heavy (non-hydrogen) atoms. The maximum atomic E-state index is 5.70. The second-order valence-corrected chi connectivity index (χ2v) is 5.70. The minimum Gasteiger partial charge on any atom is -0.492 e. The number of nitrogens with one attached hydrogen (secondary N) is 2. The predicted molar refractivity (Wildman–Crippen MR) is 109 cm³/mol. The third-order valence-corrected chi connectivity index (χ3v) is 3.76. The van der Waals surface area contributed by atoms with Gasteiger partial charge in [0.25, 0.3) is 0 Å². The van der Waals surface area contributed by atoms with E-state index in [0.29, 0.717) is 19.7 Å². The molecule has 0 saturated carbocycles. The summed E-state index contributed by atoms with van der Waals surface area (Å²) in [7, 11) is 0. The van der Waals surface area contributed by atoms with E-state index in [1.807, 2.05) is 12.1 Å². The number of guanidine groups is 1. The zero-order valence-electron chi connectivity index (χ0n) is 13.5. The van der Waals surface area contributed by atoms with Gasteiger partial charge in [-0.1, -0.05) is 17.7 Å². The van der Waals surface area contributed by atoms with Crippen molar-refractivity contribution in [3.05, 3.63) is 52.2 Å². The first-order chi connectivity index (χ1) is 10.8. The van der Waals surface area contributed by atoms with Gasteiger partial charge in [-0.3, -0.25) is 0 Å². The molecule has 0 amide bonds. The first-order valence-electron chi connectivity index (χ1n) is 7.50. The average molecular weight is 445 g/mol. The van der Waals surface area contributed by atoms with E-state index >= 15 is 0 Å². The Kier molecular flexibility index (Phi) is 9.70. The third-order valence-electron chi connectivity index (χ3n) is 3.03. The van der Waals surface area contributed by atoms with Gasteiger partial charge >= 0.3 is 0 Å². The smallest absolute Gasteiger partial charge is 0.191 e. The normalized spacial score (nSPS) is 10.8. The summed E-state index contributed by atoms with van der Waals surface area (Å²) < 4.78 is 5.70. The second kappa shape index (κ2) is 11.3. The first-order valence-corrected chi connectivity index (χ1v) is 8.45. The molecule has 0 aliphatic carbocycles. The van der Waals surface area contributed by atoms with Crippen molar-refractivity contribution in [3.8, 4) is 5.75 Å². The summed E-state index contributed by atoms with van der Waals surface area (Å²) in [5.74, 6) is 1.72. The molecule has 0 spiro atoms. The number of halogens is 1. The van der Waals surface area contributed by atoms with Gasteiger partial charge in [0.15, 0.2) is 5.96 Å². The summed E-state index contributed by atoms with van der Waals surface area (Å²) in [4.78, 5) is 4.56. The molecule has 1 heterocycles. The van der Waals surface area contributed by atoms with Gasteiger partial charge < -0.3 is 15.4 Å². The summed E-state index contributed by atoms with van der Waals surface area (Å²) in [6, 6.07) is 10.2. The molecule has 2 rings (SSSR count). The number of benzene rings is 1. The van der Waals surface area contributed by atoms with Gasteiger partial charge in [-0.25, -0.2) is 4.99 Å². The van der Waals surface area contributed by atoms with E-state index in [1.165, 1.54) is 11.1 Å². The highest BCUT2D eigenvalue weighted by Crippen LogP contribution is 2.10. The first kappa shape index (κ1) is 19.8. The monoisotopic (exact) mass is 445 g/mol. The molecule has 2 aromatic rings. The molecule has 126 valence electrons. The zero-order valence-corrected chi connectivity index (χ0v) is 16.7. The Morgan fingerprint density at radius 2 is 1.96 bits per heavy atom. The largest absolute Gasteiger partial charge is 0.492 e. The Morgan fingerprint density at radius 3 is 2.61 bits per heavy atom. The fourth-order valence-corrected chi connectivity index (χ4v) is 2.53. The summed E-state index contributed by atoms with van der Waals surface area (Å²) in [6.45, 7) is 6.98. The quantitative estimate of drug-likeness (QED) is 0.295. The summed E-state index contributed by atoms with van der Waals surface area (Å²) in [5, 5.41) is 10.7. The highest BCUT2D eigenvalue weighted by atomic mass is 127. The average Bonchev–Trinajstić information content (AvgIpc) is 3.04. The van der Waals surface area contributed by atoms with Crippen LogP contribution in [0.2, 0.25) is 0 Å². The van der Waals surface area contributed by atoms with Crippen LogP contribution in [-0.2, 0) is 6.54 Å². The molecule has 0 saturated heterocycles. The molecule has 0 atom stereocenters. The minimum absolute atomic E-state index is 0. The van der Waals surface area contributed by atoms with Gasteiger partial charge in [0.1, 0.15) is 12.4 Å². The van der Waals surface area contributed by atoms with Crippen molar-refractivity contribution >= 4 is 41.3 Å². The highest BCUT2D eigenvalue weighted by Gasteiger charge is 1.98. The summed E-state index contributed by atoms with van der Waals surface area (Å²) >= 11 is 1.69. The molecule has 1 aromatic heterocycles. The lowest BCUT2D eigenvalue weighted by atomic mass is 10.2. The molecule has 0 aliphatic rings. The molecular formula is C17H24IN3OS. The van der Waals surface area contributed by atoms with Crippen LogP contribution in [0.3, 0.4) is 0 Å². The van der Waals surface area contributed by atoms with E-state index in [1.54, 1.807) is 11.3 Å². The molecule has 0 radical (unpaired) electrons. The highest BCUT2D eigenvalue weighted by molar-refractivity contribution is 14.0. The molecule has 1 aromatic carbocycles. The molecule has 6 heteroatoms. The zero-order chi connectivity index (χ0) is 15.6. The Bertz CT molecular complexity index is 570. The van der Waals surface area contributed by atoms with Crippen LogP contribution in [0.25, 0.3) is 0 Å². The van der Waals surface area contributed by atoms with Gasteiger partial charge in [0.2, 0.25) is 0 Å². The lowest BCUT2D eigenvalue weighted by Crippen LogP contribution is -2.39. The molecule has 2 N–H and O–H groups in total. The number of hydrogen-bond donors (Lipinski definition) is 2. The fraction of sp³-hybridized carbons (Fsp3) is 0.353. The maximum Gasteiger partial charge on any atom is 0.191 e. The number of thiophene rings is 1. The Morgan fingerprint density at radius 1 is 1.17 bits per heavy atom. The minimum atomic E-state index is 0. The van der Waals surface area contributed by atoms with Crippen molar-refractivity contribution in [1.29, 1.82) is 0 Å². The van der Waals surface area contributed by atoms with Gasteiger partial charge in [-0.2, -0.15) is 11.3 Å². The van der Waals surface area contributed by atoms with E-state index in [-0.39, 0.29) is 24.0 Å². The van der Waals surface area contributed by atoms with Crippen LogP contribution in [0, 0.1) is 6.92 Å². The number of aliphatic imine (C=N–C) groups is 1. The molecule has 0 bridgehead atoms. The van der Waals surface area contributed by atoms with E-state index in [9.17, 15) is 0 Å². The maximum absolute atomic E-state index is 5.70.